The maximum atomic E-state index is 13.0. The van der Waals surface area contributed by atoms with Gasteiger partial charge < -0.3 is 19.2 Å². The molecule has 0 spiro atoms. The van der Waals surface area contributed by atoms with Gasteiger partial charge in [-0.25, -0.2) is 0 Å². The number of benzene rings is 2. The Balaban J connectivity index is 1.84. The molecule has 2 aromatic carbocycles. The summed E-state index contributed by atoms with van der Waals surface area (Å²) in [5.74, 6) is -0.699. The first kappa shape index (κ1) is 22.0. The van der Waals surface area contributed by atoms with Crippen LogP contribution in [0.25, 0.3) is 5.76 Å². The van der Waals surface area contributed by atoms with Crippen molar-refractivity contribution in [3.8, 4) is 5.75 Å². The van der Waals surface area contributed by atoms with E-state index < -0.39 is 17.7 Å². The van der Waals surface area contributed by atoms with Crippen LogP contribution in [0.1, 0.15) is 29.9 Å². The second-order valence-electron chi connectivity index (χ2n) is 7.14. The number of ketones is 1. The summed E-state index contributed by atoms with van der Waals surface area (Å²) in [6.45, 7) is 2.41. The highest BCUT2D eigenvalue weighted by atomic mass is 35.5. The van der Waals surface area contributed by atoms with Crippen LogP contribution >= 0.6 is 23.2 Å². The standard InChI is InChI=1S/C24H19Cl2NO5/c1-2-31-16-8-5-14(6-9-16)22(28)20-21(15-7-10-18(25)19(26)12-15)27(24(30)23(20)29)13-17-4-3-11-32-17/h3-12,21,28H,2,13H2,1H3. The van der Waals surface area contributed by atoms with Gasteiger partial charge in [0.15, 0.2) is 0 Å². The predicted molar refractivity (Wildman–Crippen MR) is 121 cm³/mol. The van der Waals surface area contributed by atoms with Crippen molar-refractivity contribution in [2.45, 2.75) is 19.5 Å². The minimum atomic E-state index is -0.874. The predicted octanol–water partition coefficient (Wildman–Crippen LogP) is 5.61. The van der Waals surface area contributed by atoms with Crippen molar-refractivity contribution in [3.63, 3.8) is 0 Å². The maximum absolute atomic E-state index is 13.0. The van der Waals surface area contributed by atoms with E-state index in [-0.39, 0.29) is 22.9 Å². The van der Waals surface area contributed by atoms with Gasteiger partial charge in [-0.1, -0.05) is 29.3 Å². The number of carbonyl (C=O) groups excluding carboxylic acids is 2. The molecule has 3 aromatic rings. The van der Waals surface area contributed by atoms with Crippen LogP contribution in [0.4, 0.5) is 0 Å². The molecule has 1 saturated heterocycles. The molecule has 1 aliphatic heterocycles. The van der Waals surface area contributed by atoms with E-state index in [0.717, 1.165) is 0 Å². The molecule has 1 fully saturated rings. The molecule has 1 aromatic heterocycles. The Labute approximate surface area is 194 Å². The molecule has 6 nitrogen and oxygen atoms in total. The van der Waals surface area contributed by atoms with Gasteiger partial charge in [-0.15, -0.1) is 0 Å². The first-order valence-electron chi connectivity index (χ1n) is 9.89. The number of hydrogen-bond acceptors (Lipinski definition) is 5. The largest absolute Gasteiger partial charge is 0.507 e. The van der Waals surface area contributed by atoms with E-state index in [1.54, 1.807) is 54.6 Å². The van der Waals surface area contributed by atoms with E-state index in [1.807, 2.05) is 6.92 Å². The second kappa shape index (κ2) is 9.10. The Hall–Kier alpha value is -3.22. The van der Waals surface area contributed by atoms with Gasteiger partial charge in [-0.3, -0.25) is 9.59 Å². The molecule has 1 aliphatic rings. The SMILES string of the molecule is CCOc1ccc(C(O)=C2C(=O)C(=O)N(Cc3ccco3)C2c2ccc(Cl)c(Cl)c2)cc1. The van der Waals surface area contributed by atoms with Crippen LogP contribution in [0.2, 0.25) is 10.0 Å². The summed E-state index contributed by atoms with van der Waals surface area (Å²) in [4.78, 5) is 27.4. The molecule has 8 heteroatoms. The zero-order valence-corrected chi connectivity index (χ0v) is 18.6. The van der Waals surface area contributed by atoms with E-state index in [9.17, 15) is 14.7 Å². The van der Waals surface area contributed by atoms with Gasteiger partial charge in [0.1, 0.15) is 17.3 Å². The number of ether oxygens (including phenoxy) is 1. The van der Waals surface area contributed by atoms with Crippen molar-refractivity contribution in [1.82, 2.24) is 4.90 Å². The highest BCUT2D eigenvalue weighted by molar-refractivity contribution is 6.46. The lowest BCUT2D eigenvalue weighted by Gasteiger charge is -2.24. The van der Waals surface area contributed by atoms with Gasteiger partial charge in [-0.05, 0) is 61.0 Å². The third-order valence-electron chi connectivity index (χ3n) is 5.14. The molecule has 4 rings (SSSR count). The van der Waals surface area contributed by atoms with Gasteiger partial charge in [-0.2, -0.15) is 0 Å². The highest BCUT2D eigenvalue weighted by Gasteiger charge is 2.46. The molecule has 2 heterocycles. The van der Waals surface area contributed by atoms with Crippen LogP contribution in [-0.4, -0.2) is 28.3 Å². The fraction of sp³-hybridized carbons (Fsp3) is 0.167. The lowest BCUT2D eigenvalue weighted by Crippen LogP contribution is -2.29. The zero-order chi connectivity index (χ0) is 22.8. The Kier molecular flexibility index (Phi) is 6.26. The molecule has 0 bridgehead atoms. The number of furan rings is 1. The number of aliphatic hydroxyl groups excluding tert-OH is 1. The molecular formula is C24H19Cl2NO5. The Morgan fingerprint density at radius 3 is 2.47 bits per heavy atom. The summed E-state index contributed by atoms with van der Waals surface area (Å²) >= 11 is 12.3. The molecule has 164 valence electrons. The van der Waals surface area contributed by atoms with Crippen molar-refractivity contribution in [2.24, 2.45) is 0 Å². The molecule has 1 N–H and O–H groups in total. The lowest BCUT2D eigenvalue weighted by molar-refractivity contribution is -0.140. The third-order valence-corrected chi connectivity index (χ3v) is 5.88. The number of likely N-dealkylation sites (tertiary alicyclic amines) is 1. The second-order valence-corrected chi connectivity index (χ2v) is 7.95. The number of hydrogen-bond donors (Lipinski definition) is 1. The first-order chi connectivity index (χ1) is 15.4. The van der Waals surface area contributed by atoms with Gasteiger partial charge in [0, 0.05) is 5.56 Å². The molecule has 1 atom stereocenters. The van der Waals surface area contributed by atoms with E-state index in [4.69, 9.17) is 32.4 Å². The third kappa shape index (κ3) is 4.11. The monoisotopic (exact) mass is 471 g/mol. The molecule has 0 radical (unpaired) electrons. The van der Waals surface area contributed by atoms with Crippen molar-refractivity contribution in [1.29, 1.82) is 0 Å². The number of halogens is 2. The average Bonchev–Trinajstić information content (AvgIpc) is 3.38. The van der Waals surface area contributed by atoms with E-state index >= 15 is 0 Å². The minimum Gasteiger partial charge on any atom is -0.507 e. The number of carbonyl (C=O) groups is 2. The summed E-state index contributed by atoms with van der Waals surface area (Å²) in [6.07, 6.45) is 1.49. The fourth-order valence-electron chi connectivity index (χ4n) is 3.67. The summed E-state index contributed by atoms with van der Waals surface area (Å²) in [7, 11) is 0. The smallest absolute Gasteiger partial charge is 0.296 e. The van der Waals surface area contributed by atoms with Crippen LogP contribution < -0.4 is 4.74 Å². The van der Waals surface area contributed by atoms with Crippen LogP contribution in [-0.2, 0) is 16.1 Å². The molecule has 0 aliphatic carbocycles. The van der Waals surface area contributed by atoms with Crippen molar-refractivity contribution < 1.29 is 23.8 Å². The van der Waals surface area contributed by atoms with Crippen LogP contribution in [0, 0.1) is 0 Å². The molecule has 0 saturated carbocycles. The van der Waals surface area contributed by atoms with Crippen LogP contribution in [0.15, 0.2) is 70.9 Å². The van der Waals surface area contributed by atoms with Gasteiger partial charge in [0.2, 0.25) is 0 Å². The summed E-state index contributed by atoms with van der Waals surface area (Å²) in [5.41, 5.74) is 0.885. The van der Waals surface area contributed by atoms with Gasteiger partial charge >= 0.3 is 0 Å². The number of amides is 1. The quantitative estimate of drug-likeness (QED) is 0.287. The average molecular weight is 472 g/mol. The highest BCUT2D eigenvalue weighted by Crippen LogP contribution is 2.41. The number of Topliss-reactive ketones (excluding diaryl/α,β-unsaturated/α-hetero) is 1. The number of nitrogens with zero attached hydrogens (tertiary/aromatic N) is 1. The summed E-state index contributed by atoms with van der Waals surface area (Å²) < 4.78 is 10.8. The van der Waals surface area contributed by atoms with E-state index in [0.29, 0.717) is 34.3 Å². The van der Waals surface area contributed by atoms with Crippen molar-refractivity contribution in [2.75, 3.05) is 6.61 Å². The molecule has 1 amide bonds. The van der Waals surface area contributed by atoms with Gasteiger partial charge in [0.25, 0.3) is 11.7 Å². The number of rotatable bonds is 6. The van der Waals surface area contributed by atoms with Gasteiger partial charge in [0.05, 0.1) is 41.1 Å². The van der Waals surface area contributed by atoms with Crippen molar-refractivity contribution >= 4 is 40.7 Å². The Morgan fingerprint density at radius 1 is 1.09 bits per heavy atom. The lowest BCUT2D eigenvalue weighted by atomic mass is 9.95. The molecule has 32 heavy (non-hydrogen) atoms. The maximum Gasteiger partial charge on any atom is 0.296 e. The minimum absolute atomic E-state index is 0.0379. The Bertz CT molecular complexity index is 1190. The van der Waals surface area contributed by atoms with Crippen molar-refractivity contribution in [3.05, 3.63) is 93.4 Å². The van der Waals surface area contributed by atoms with Crippen LogP contribution in [0.3, 0.4) is 0 Å². The van der Waals surface area contributed by atoms with Crippen LogP contribution in [0.5, 0.6) is 5.75 Å². The molecular weight excluding hydrogens is 453 g/mol. The normalized spacial score (nSPS) is 17.7. The topological polar surface area (TPSA) is 80.0 Å². The van der Waals surface area contributed by atoms with E-state index in [2.05, 4.69) is 0 Å². The Morgan fingerprint density at radius 2 is 1.84 bits per heavy atom. The summed E-state index contributed by atoms with van der Waals surface area (Å²) in [5, 5.41) is 11.7. The fourth-order valence-corrected chi connectivity index (χ4v) is 3.98. The molecule has 1 unspecified atom stereocenters. The van der Waals surface area contributed by atoms with E-state index in [1.165, 1.54) is 11.2 Å². The summed E-state index contributed by atoms with van der Waals surface area (Å²) in [6, 6.07) is 14.0. The zero-order valence-electron chi connectivity index (χ0n) is 17.0. The first-order valence-corrected chi connectivity index (χ1v) is 10.6. The number of aliphatic hydroxyl groups is 1.